The van der Waals surface area contributed by atoms with Gasteiger partial charge in [0, 0.05) is 0 Å². The largest absolute Gasteiger partial charge is 0.497 e. The Morgan fingerprint density at radius 2 is 1.75 bits per heavy atom. The van der Waals surface area contributed by atoms with Crippen LogP contribution < -0.4 is 4.74 Å². The van der Waals surface area contributed by atoms with Crippen LogP contribution in [0.3, 0.4) is 0 Å². The van der Waals surface area contributed by atoms with Crippen LogP contribution in [0.2, 0.25) is 0 Å². The molecule has 0 bridgehead atoms. The van der Waals surface area contributed by atoms with Gasteiger partial charge in [0.05, 0.1) is 21.3 Å². The van der Waals surface area contributed by atoms with E-state index in [1.165, 1.54) is 14.2 Å². The Morgan fingerprint density at radius 3 is 2.25 bits per heavy atom. The first kappa shape index (κ1) is 13.9. The number of esters is 2. The van der Waals surface area contributed by atoms with Gasteiger partial charge in [-0.05, 0) is 17.7 Å². The second kappa shape index (κ2) is 5.64. The molecule has 0 fully saturated rings. The van der Waals surface area contributed by atoms with Crippen molar-refractivity contribution in [2.24, 2.45) is 0 Å². The lowest BCUT2D eigenvalue weighted by molar-refractivity contribution is -0.143. The van der Waals surface area contributed by atoms with Crippen LogP contribution in [0.25, 0.3) is 0 Å². The van der Waals surface area contributed by atoms with E-state index in [2.05, 4.69) is 4.74 Å². The Labute approximate surface area is 115 Å². The molecule has 0 amide bonds. The predicted molar refractivity (Wildman–Crippen MR) is 67.9 cm³/mol. The number of hydrogen-bond donors (Lipinski definition) is 0. The van der Waals surface area contributed by atoms with Crippen LogP contribution in [0, 0.1) is 0 Å². The zero-order valence-corrected chi connectivity index (χ0v) is 11.3. The normalized spacial score (nSPS) is 17.8. The molecule has 2 rings (SSSR count). The van der Waals surface area contributed by atoms with Gasteiger partial charge < -0.3 is 18.9 Å². The standard InChI is InChI=1S/C14H14O6/c1-17-9-6-4-8(5-7-9)11-10(13(15)19-3)12(18-2)14(16)20-11/h4-7,11H,1-3H3. The van der Waals surface area contributed by atoms with Gasteiger partial charge in [0.2, 0.25) is 5.76 Å². The van der Waals surface area contributed by atoms with Gasteiger partial charge in [0.25, 0.3) is 0 Å². The van der Waals surface area contributed by atoms with Crippen LogP contribution >= 0.6 is 0 Å². The zero-order chi connectivity index (χ0) is 14.7. The van der Waals surface area contributed by atoms with E-state index in [0.29, 0.717) is 11.3 Å². The summed E-state index contributed by atoms with van der Waals surface area (Å²) in [6, 6.07) is 6.84. The van der Waals surface area contributed by atoms with E-state index >= 15 is 0 Å². The fourth-order valence-corrected chi connectivity index (χ4v) is 1.96. The van der Waals surface area contributed by atoms with E-state index in [9.17, 15) is 9.59 Å². The average Bonchev–Trinajstić information content (AvgIpc) is 2.83. The van der Waals surface area contributed by atoms with Crippen molar-refractivity contribution in [2.75, 3.05) is 21.3 Å². The van der Waals surface area contributed by atoms with Crippen molar-refractivity contribution in [3.05, 3.63) is 41.2 Å². The Morgan fingerprint density at radius 1 is 1.10 bits per heavy atom. The number of benzene rings is 1. The van der Waals surface area contributed by atoms with Crippen molar-refractivity contribution in [3.8, 4) is 5.75 Å². The molecule has 0 aliphatic carbocycles. The minimum Gasteiger partial charge on any atom is -0.497 e. The molecule has 1 heterocycles. The average molecular weight is 278 g/mol. The summed E-state index contributed by atoms with van der Waals surface area (Å²) in [7, 11) is 4.08. The van der Waals surface area contributed by atoms with Crippen molar-refractivity contribution in [1.82, 2.24) is 0 Å². The number of carbonyl (C=O) groups is 2. The quantitative estimate of drug-likeness (QED) is 0.775. The summed E-state index contributed by atoms with van der Waals surface area (Å²) in [4.78, 5) is 23.5. The monoisotopic (exact) mass is 278 g/mol. The van der Waals surface area contributed by atoms with Crippen LogP contribution in [0.4, 0.5) is 0 Å². The topological polar surface area (TPSA) is 71.1 Å². The maximum absolute atomic E-state index is 11.8. The summed E-state index contributed by atoms with van der Waals surface area (Å²) in [5.41, 5.74) is 0.691. The van der Waals surface area contributed by atoms with E-state index in [1.54, 1.807) is 31.4 Å². The molecule has 1 aromatic rings. The Bertz CT molecular complexity index is 558. The third-order valence-corrected chi connectivity index (χ3v) is 2.95. The molecule has 1 aromatic carbocycles. The molecule has 1 atom stereocenters. The Balaban J connectivity index is 2.42. The maximum Gasteiger partial charge on any atom is 0.375 e. The third kappa shape index (κ3) is 2.32. The molecular weight excluding hydrogens is 264 g/mol. The summed E-state index contributed by atoms with van der Waals surface area (Å²) in [5, 5.41) is 0. The first-order valence-electron chi connectivity index (χ1n) is 5.83. The second-order valence-electron chi connectivity index (χ2n) is 4.00. The van der Waals surface area contributed by atoms with Crippen LogP contribution in [0.15, 0.2) is 35.6 Å². The smallest absolute Gasteiger partial charge is 0.375 e. The number of cyclic esters (lactones) is 1. The number of hydrogen-bond acceptors (Lipinski definition) is 6. The van der Waals surface area contributed by atoms with Gasteiger partial charge in [-0.2, -0.15) is 0 Å². The van der Waals surface area contributed by atoms with Crippen molar-refractivity contribution < 1.29 is 28.5 Å². The SMILES string of the molecule is COC(=O)C1=C(OC)C(=O)OC1c1ccc(OC)cc1. The molecule has 106 valence electrons. The molecule has 1 aliphatic rings. The third-order valence-electron chi connectivity index (χ3n) is 2.95. The second-order valence-corrected chi connectivity index (χ2v) is 4.00. The molecule has 0 saturated heterocycles. The van der Waals surface area contributed by atoms with E-state index in [4.69, 9.17) is 14.2 Å². The molecular formula is C14H14O6. The van der Waals surface area contributed by atoms with Gasteiger partial charge in [0.1, 0.15) is 11.3 Å². The summed E-state index contributed by atoms with van der Waals surface area (Å²) in [6.45, 7) is 0. The van der Waals surface area contributed by atoms with Gasteiger partial charge in [-0.3, -0.25) is 0 Å². The van der Waals surface area contributed by atoms with Crippen molar-refractivity contribution in [1.29, 1.82) is 0 Å². The van der Waals surface area contributed by atoms with Crippen LogP contribution in [0.1, 0.15) is 11.7 Å². The number of rotatable bonds is 4. The lowest BCUT2D eigenvalue weighted by atomic mass is 10.0. The van der Waals surface area contributed by atoms with E-state index in [-0.39, 0.29) is 11.3 Å². The molecule has 20 heavy (non-hydrogen) atoms. The fraction of sp³-hybridized carbons (Fsp3) is 0.286. The predicted octanol–water partition coefficient (Wildman–Crippen LogP) is 1.37. The first-order valence-corrected chi connectivity index (χ1v) is 5.83. The summed E-state index contributed by atoms with van der Waals surface area (Å²) in [5.74, 6) is -0.812. The molecule has 6 heteroatoms. The first-order chi connectivity index (χ1) is 9.62. The van der Waals surface area contributed by atoms with E-state index in [0.717, 1.165) is 0 Å². The molecule has 0 aromatic heterocycles. The van der Waals surface area contributed by atoms with Gasteiger partial charge in [-0.15, -0.1) is 0 Å². The zero-order valence-electron chi connectivity index (χ0n) is 11.3. The minimum absolute atomic E-state index is 0.0603. The summed E-state index contributed by atoms with van der Waals surface area (Å²) in [6.07, 6.45) is -0.837. The lowest BCUT2D eigenvalue weighted by Gasteiger charge is -2.13. The van der Waals surface area contributed by atoms with Crippen molar-refractivity contribution >= 4 is 11.9 Å². The molecule has 1 aliphatic heterocycles. The molecule has 0 spiro atoms. The highest BCUT2D eigenvalue weighted by molar-refractivity contribution is 6.03. The molecule has 0 N–H and O–H groups in total. The Kier molecular flexibility index (Phi) is 3.93. The van der Waals surface area contributed by atoms with Gasteiger partial charge >= 0.3 is 11.9 Å². The molecule has 6 nitrogen and oxygen atoms in total. The van der Waals surface area contributed by atoms with E-state index in [1.807, 2.05) is 0 Å². The maximum atomic E-state index is 11.8. The Hall–Kier alpha value is -2.50. The number of methoxy groups -OCH3 is 3. The summed E-state index contributed by atoms with van der Waals surface area (Å²) < 4.78 is 19.8. The molecule has 0 saturated carbocycles. The van der Waals surface area contributed by atoms with Gasteiger partial charge in [-0.25, -0.2) is 9.59 Å². The van der Waals surface area contributed by atoms with Crippen molar-refractivity contribution in [2.45, 2.75) is 6.10 Å². The van der Waals surface area contributed by atoms with Crippen LogP contribution in [-0.2, 0) is 23.8 Å². The van der Waals surface area contributed by atoms with Crippen molar-refractivity contribution in [3.63, 3.8) is 0 Å². The van der Waals surface area contributed by atoms with Gasteiger partial charge in [0.15, 0.2) is 6.10 Å². The van der Waals surface area contributed by atoms with Crippen LogP contribution in [0.5, 0.6) is 5.75 Å². The number of ether oxygens (including phenoxy) is 4. The minimum atomic E-state index is -0.837. The van der Waals surface area contributed by atoms with Crippen LogP contribution in [-0.4, -0.2) is 33.3 Å². The highest BCUT2D eigenvalue weighted by atomic mass is 16.6. The lowest BCUT2D eigenvalue weighted by Crippen LogP contribution is -2.12. The van der Waals surface area contributed by atoms with Gasteiger partial charge in [-0.1, -0.05) is 12.1 Å². The van der Waals surface area contributed by atoms with E-state index < -0.39 is 18.0 Å². The number of carbonyl (C=O) groups excluding carboxylic acids is 2. The highest BCUT2D eigenvalue weighted by Gasteiger charge is 2.41. The fourth-order valence-electron chi connectivity index (χ4n) is 1.96. The molecule has 1 unspecified atom stereocenters. The summed E-state index contributed by atoms with van der Waals surface area (Å²) >= 11 is 0. The highest BCUT2D eigenvalue weighted by Crippen LogP contribution is 2.36. The molecule has 0 radical (unpaired) electrons.